The van der Waals surface area contributed by atoms with E-state index in [1.807, 2.05) is 18.2 Å². The maximum Gasteiger partial charge on any atom is 0.417 e. The van der Waals surface area contributed by atoms with E-state index >= 15 is 0 Å². The topological polar surface area (TPSA) is 28.7 Å². The van der Waals surface area contributed by atoms with Crippen molar-refractivity contribution in [3.05, 3.63) is 89.0 Å². The molecule has 0 bridgehead atoms. The van der Waals surface area contributed by atoms with Gasteiger partial charge in [-0.05, 0) is 46.4 Å². The highest BCUT2D eigenvalue weighted by Gasteiger charge is 2.35. The highest BCUT2D eigenvalue weighted by atomic mass is 19.4. The number of benzene rings is 3. The van der Waals surface area contributed by atoms with Crippen molar-refractivity contribution >= 4 is 23.2 Å². The highest BCUT2D eigenvalue weighted by molar-refractivity contribution is 5.86. The van der Waals surface area contributed by atoms with Gasteiger partial charge in [-0.25, -0.2) is 9.37 Å². The van der Waals surface area contributed by atoms with Crippen LogP contribution in [0.3, 0.4) is 0 Å². The minimum absolute atomic E-state index is 0.0487. The highest BCUT2D eigenvalue weighted by Crippen LogP contribution is 2.40. The minimum Gasteiger partial charge on any atom is -0.338 e. The van der Waals surface area contributed by atoms with Crippen LogP contribution in [0.2, 0.25) is 0 Å². The van der Waals surface area contributed by atoms with Gasteiger partial charge in [-0.15, -0.1) is 0 Å². The van der Waals surface area contributed by atoms with Crippen molar-refractivity contribution in [3.8, 4) is 11.1 Å². The Morgan fingerprint density at radius 3 is 2.16 bits per heavy atom. The molecule has 1 aromatic heterocycles. The number of hydrogen-bond acceptors (Lipinski definition) is 1. The van der Waals surface area contributed by atoms with E-state index in [9.17, 15) is 17.6 Å². The van der Waals surface area contributed by atoms with Gasteiger partial charge in [0.2, 0.25) is 0 Å². The number of alkyl halides is 3. The predicted octanol–water partition coefficient (Wildman–Crippen LogP) is 7.86. The van der Waals surface area contributed by atoms with E-state index < -0.39 is 17.6 Å². The van der Waals surface area contributed by atoms with E-state index in [0.717, 1.165) is 17.7 Å². The predicted molar refractivity (Wildman–Crippen MR) is 121 cm³/mol. The summed E-state index contributed by atoms with van der Waals surface area (Å²) in [4.78, 5) is 7.31. The summed E-state index contributed by atoms with van der Waals surface area (Å²) in [6.45, 7) is 6.41. The summed E-state index contributed by atoms with van der Waals surface area (Å²) in [5, 5.41) is 0. The van der Waals surface area contributed by atoms with Crippen LogP contribution in [0.4, 0.5) is 17.6 Å². The van der Waals surface area contributed by atoms with Gasteiger partial charge in [0.25, 0.3) is 0 Å². The average molecular weight is 438 g/mol. The third-order valence-electron chi connectivity index (χ3n) is 5.32. The summed E-state index contributed by atoms with van der Waals surface area (Å²) < 4.78 is 55.4. The molecular weight excluding hydrogens is 416 g/mol. The van der Waals surface area contributed by atoms with Gasteiger partial charge in [0.1, 0.15) is 11.6 Å². The molecule has 2 nitrogen and oxygen atoms in total. The minimum atomic E-state index is -4.64. The molecule has 0 aliphatic carbocycles. The van der Waals surface area contributed by atoms with Gasteiger partial charge in [-0.3, -0.25) is 0 Å². The molecule has 0 radical (unpaired) electrons. The van der Waals surface area contributed by atoms with Crippen molar-refractivity contribution in [1.29, 1.82) is 0 Å². The Morgan fingerprint density at radius 2 is 1.53 bits per heavy atom. The molecule has 1 heterocycles. The number of rotatable bonds is 3. The molecule has 0 atom stereocenters. The summed E-state index contributed by atoms with van der Waals surface area (Å²) in [5.74, 6) is -0.301. The summed E-state index contributed by atoms with van der Waals surface area (Å²) >= 11 is 0. The van der Waals surface area contributed by atoms with Crippen LogP contribution in [0.25, 0.3) is 34.3 Å². The summed E-state index contributed by atoms with van der Waals surface area (Å²) in [6.07, 6.45) is -1.09. The first-order chi connectivity index (χ1) is 15.0. The van der Waals surface area contributed by atoms with Crippen molar-refractivity contribution in [2.24, 2.45) is 0 Å². The molecule has 0 aliphatic heterocycles. The van der Waals surface area contributed by atoms with Crippen LogP contribution in [0.15, 0.2) is 60.7 Å². The number of fused-ring (bicyclic) bond motifs is 1. The molecule has 0 amide bonds. The molecule has 164 valence electrons. The van der Waals surface area contributed by atoms with Crippen LogP contribution >= 0.6 is 0 Å². The van der Waals surface area contributed by atoms with Gasteiger partial charge >= 0.3 is 6.18 Å². The molecule has 1 N–H and O–H groups in total. The molecule has 3 aromatic carbocycles. The lowest BCUT2D eigenvalue weighted by Gasteiger charge is -2.18. The lowest BCUT2D eigenvalue weighted by atomic mass is 9.87. The summed E-state index contributed by atoms with van der Waals surface area (Å²) in [7, 11) is 0. The SMILES string of the molecule is CC(C)(C)c1ccc(/C=C/c2nc3cc(-c4ccccc4F)c(C(F)(F)F)cc3[nH]2)cc1. The monoisotopic (exact) mass is 438 g/mol. The van der Waals surface area contributed by atoms with Gasteiger partial charge in [0, 0.05) is 5.56 Å². The second-order valence-electron chi connectivity index (χ2n) is 8.72. The fraction of sp³-hybridized carbons (Fsp3) is 0.192. The van der Waals surface area contributed by atoms with Crippen molar-refractivity contribution in [2.45, 2.75) is 32.4 Å². The number of H-pyrrole nitrogens is 1. The lowest BCUT2D eigenvalue weighted by Crippen LogP contribution is -2.10. The molecule has 4 rings (SSSR count). The third-order valence-corrected chi connectivity index (χ3v) is 5.32. The maximum atomic E-state index is 14.3. The Kier molecular flexibility index (Phi) is 5.41. The molecule has 6 heteroatoms. The Bertz CT molecular complexity index is 1290. The number of halogens is 4. The summed E-state index contributed by atoms with van der Waals surface area (Å²) in [6, 6.07) is 15.8. The Balaban J connectivity index is 1.73. The first-order valence-corrected chi connectivity index (χ1v) is 10.2. The standard InChI is InChI=1S/C26H22F4N2/c1-25(2,3)17-11-8-16(9-12-17)10-13-24-31-22-14-19(18-6-4-5-7-21(18)27)20(26(28,29)30)15-23(22)32-24/h4-15H,1-3H3,(H,31,32)/b13-10+. The first kappa shape index (κ1) is 21.8. The van der Waals surface area contributed by atoms with Crippen LogP contribution in [0, 0.1) is 5.82 Å². The van der Waals surface area contributed by atoms with E-state index in [4.69, 9.17) is 0 Å². The molecule has 0 aliphatic rings. The summed E-state index contributed by atoms with van der Waals surface area (Å²) in [5.41, 5.74) is 1.52. The van der Waals surface area contributed by atoms with Gasteiger partial charge < -0.3 is 4.98 Å². The molecular formula is C26H22F4N2. The molecule has 0 spiro atoms. The van der Waals surface area contributed by atoms with E-state index in [2.05, 4.69) is 42.9 Å². The average Bonchev–Trinajstić information content (AvgIpc) is 3.13. The van der Waals surface area contributed by atoms with Crippen molar-refractivity contribution in [1.82, 2.24) is 9.97 Å². The van der Waals surface area contributed by atoms with Gasteiger partial charge in [-0.1, -0.05) is 69.3 Å². The smallest absolute Gasteiger partial charge is 0.338 e. The van der Waals surface area contributed by atoms with Crippen LogP contribution in [-0.4, -0.2) is 9.97 Å². The van der Waals surface area contributed by atoms with Crippen LogP contribution in [-0.2, 0) is 11.6 Å². The molecule has 0 saturated heterocycles. The molecule has 0 saturated carbocycles. The zero-order valence-corrected chi connectivity index (χ0v) is 17.9. The number of nitrogens with zero attached hydrogens (tertiary/aromatic N) is 1. The molecule has 32 heavy (non-hydrogen) atoms. The first-order valence-electron chi connectivity index (χ1n) is 10.2. The molecule has 4 aromatic rings. The van der Waals surface area contributed by atoms with Gasteiger partial charge in [-0.2, -0.15) is 13.2 Å². The fourth-order valence-electron chi connectivity index (χ4n) is 3.56. The number of imidazole rings is 1. The van der Waals surface area contributed by atoms with E-state index in [0.29, 0.717) is 11.3 Å². The normalized spacial score (nSPS) is 12.7. The number of nitrogens with one attached hydrogen (secondary N) is 1. The number of hydrogen-bond donors (Lipinski definition) is 1. The molecule has 0 unspecified atom stereocenters. The van der Waals surface area contributed by atoms with Gasteiger partial charge in [0.15, 0.2) is 0 Å². The maximum absolute atomic E-state index is 14.3. The quantitative estimate of drug-likeness (QED) is 0.324. The van der Waals surface area contributed by atoms with E-state index in [1.165, 1.54) is 29.8 Å². The van der Waals surface area contributed by atoms with Crippen molar-refractivity contribution < 1.29 is 17.6 Å². The second kappa shape index (κ2) is 7.93. The zero-order valence-electron chi connectivity index (χ0n) is 17.9. The number of aromatic nitrogens is 2. The van der Waals surface area contributed by atoms with Crippen LogP contribution in [0.5, 0.6) is 0 Å². The Hall–Kier alpha value is -3.41. The van der Waals surface area contributed by atoms with Gasteiger partial charge in [0.05, 0.1) is 16.6 Å². The van der Waals surface area contributed by atoms with Crippen molar-refractivity contribution in [2.75, 3.05) is 0 Å². The zero-order chi connectivity index (χ0) is 23.1. The molecule has 0 fully saturated rings. The second-order valence-corrected chi connectivity index (χ2v) is 8.72. The third kappa shape index (κ3) is 4.44. The fourth-order valence-corrected chi connectivity index (χ4v) is 3.56. The van der Waals surface area contributed by atoms with E-state index in [1.54, 1.807) is 6.08 Å². The number of aromatic amines is 1. The Morgan fingerprint density at radius 1 is 0.844 bits per heavy atom. The van der Waals surface area contributed by atoms with Crippen molar-refractivity contribution in [3.63, 3.8) is 0 Å². The van der Waals surface area contributed by atoms with Crippen LogP contribution in [0.1, 0.15) is 43.3 Å². The largest absolute Gasteiger partial charge is 0.417 e. The lowest BCUT2D eigenvalue weighted by molar-refractivity contribution is -0.137. The van der Waals surface area contributed by atoms with Crippen LogP contribution < -0.4 is 0 Å². The van der Waals surface area contributed by atoms with E-state index in [-0.39, 0.29) is 22.1 Å². The Labute approximate surface area is 183 Å².